The second-order valence-electron chi connectivity index (χ2n) is 3.87. The third-order valence-electron chi connectivity index (χ3n) is 2.72. The Labute approximate surface area is 86.9 Å². The number of carbonyl (C=O) groups excluding carboxylic acids is 1. The van der Waals surface area contributed by atoms with E-state index >= 15 is 0 Å². The first-order chi connectivity index (χ1) is 6.67. The van der Waals surface area contributed by atoms with E-state index in [2.05, 4.69) is 0 Å². The fourth-order valence-electron chi connectivity index (χ4n) is 1.56. The van der Waals surface area contributed by atoms with Gasteiger partial charge in [-0.1, -0.05) is 23.7 Å². The molecule has 0 aromatic heterocycles. The zero-order valence-corrected chi connectivity index (χ0v) is 8.35. The molecule has 0 bridgehead atoms. The predicted molar refractivity (Wildman–Crippen MR) is 52.8 cm³/mol. The lowest BCUT2D eigenvalue weighted by Crippen LogP contribution is -2.06. The second kappa shape index (κ2) is 3.35. The maximum absolute atomic E-state index is 13.1. The van der Waals surface area contributed by atoms with Crippen LogP contribution in [0, 0.1) is 11.2 Å². The third-order valence-corrected chi connectivity index (χ3v) is 3.14. The molecule has 0 N–H and O–H groups in total. The summed E-state index contributed by atoms with van der Waals surface area (Å²) in [5.74, 6) is -0.411. The van der Waals surface area contributed by atoms with Gasteiger partial charge in [-0.3, -0.25) is 0 Å². The van der Waals surface area contributed by atoms with Gasteiger partial charge < -0.3 is 4.79 Å². The van der Waals surface area contributed by atoms with Crippen LogP contribution in [0.3, 0.4) is 0 Å². The number of halogens is 2. The van der Waals surface area contributed by atoms with Crippen molar-refractivity contribution in [2.75, 3.05) is 0 Å². The lowest BCUT2D eigenvalue weighted by atomic mass is 9.98. The highest BCUT2D eigenvalue weighted by Gasteiger charge is 2.42. The normalized spacial score (nSPS) is 17.9. The van der Waals surface area contributed by atoms with Gasteiger partial charge in [-0.25, -0.2) is 4.39 Å². The zero-order chi connectivity index (χ0) is 10.2. The van der Waals surface area contributed by atoms with Crippen molar-refractivity contribution < 1.29 is 9.18 Å². The van der Waals surface area contributed by atoms with E-state index in [0.29, 0.717) is 6.42 Å². The lowest BCUT2D eigenvalue weighted by Gasteiger charge is -2.08. The minimum Gasteiger partial charge on any atom is -0.303 e. The molecule has 3 heteroatoms. The Hall–Kier alpha value is -0.890. The fourth-order valence-corrected chi connectivity index (χ4v) is 1.75. The number of hydrogen-bond acceptors (Lipinski definition) is 1. The Morgan fingerprint density at radius 2 is 2.21 bits per heavy atom. The van der Waals surface area contributed by atoms with Gasteiger partial charge >= 0.3 is 0 Å². The standard InChI is InChI=1S/C11H10ClFO/c12-10-8(2-1-3-9(10)13)6-11(7-14)4-5-11/h1-3,7H,4-6H2. The summed E-state index contributed by atoms with van der Waals surface area (Å²) in [7, 11) is 0. The molecule has 1 aliphatic carbocycles. The van der Waals surface area contributed by atoms with E-state index in [1.165, 1.54) is 6.07 Å². The molecule has 0 radical (unpaired) electrons. The van der Waals surface area contributed by atoms with E-state index in [1.807, 2.05) is 0 Å². The molecule has 1 aliphatic rings. The van der Waals surface area contributed by atoms with E-state index in [0.717, 1.165) is 24.7 Å². The van der Waals surface area contributed by atoms with E-state index in [4.69, 9.17) is 11.6 Å². The van der Waals surface area contributed by atoms with Crippen molar-refractivity contribution in [1.29, 1.82) is 0 Å². The molecule has 14 heavy (non-hydrogen) atoms. The van der Waals surface area contributed by atoms with Crippen molar-refractivity contribution in [1.82, 2.24) is 0 Å². The molecule has 0 aliphatic heterocycles. The van der Waals surface area contributed by atoms with Crippen molar-refractivity contribution in [3.8, 4) is 0 Å². The van der Waals surface area contributed by atoms with Gasteiger partial charge in [0.2, 0.25) is 0 Å². The highest BCUT2D eigenvalue weighted by molar-refractivity contribution is 6.31. The second-order valence-corrected chi connectivity index (χ2v) is 4.25. The lowest BCUT2D eigenvalue weighted by molar-refractivity contribution is -0.112. The topological polar surface area (TPSA) is 17.1 Å². The van der Waals surface area contributed by atoms with Gasteiger partial charge in [0.05, 0.1) is 5.02 Å². The van der Waals surface area contributed by atoms with Crippen LogP contribution in [0.15, 0.2) is 18.2 Å². The van der Waals surface area contributed by atoms with Crippen molar-refractivity contribution in [3.63, 3.8) is 0 Å². The smallest absolute Gasteiger partial charge is 0.142 e. The molecule has 0 saturated heterocycles. The first-order valence-corrected chi connectivity index (χ1v) is 4.94. The molecule has 0 amide bonds. The van der Waals surface area contributed by atoms with Crippen LogP contribution in [-0.4, -0.2) is 6.29 Å². The number of rotatable bonds is 3. The van der Waals surface area contributed by atoms with Crippen LogP contribution in [0.4, 0.5) is 4.39 Å². The van der Waals surface area contributed by atoms with E-state index < -0.39 is 5.82 Å². The van der Waals surface area contributed by atoms with Gasteiger partial charge in [0.25, 0.3) is 0 Å². The number of carbonyl (C=O) groups is 1. The van der Waals surface area contributed by atoms with Gasteiger partial charge in [0, 0.05) is 5.41 Å². The van der Waals surface area contributed by atoms with Crippen LogP contribution in [0.5, 0.6) is 0 Å². The molecule has 1 fully saturated rings. The number of aldehydes is 1. The molecule has 74 valence electrons. The van der Waals surface area contributed by atoms with Gasteiger partial charge in [-0.15, -0.1) is 0 Å². The molecule has 0 spiro atoms. The fraction of sp³-hybridized carbons (Fsp3) is 0.364. The minimum absolute atomic E-state index is 0.153. The maximum atomic E-state index is 13.1. The molecule has 1 aromatic rings. The molecule has 1 nitrogen and oxygen atoms in total. The molecule has 1 saturated carbocycles. The average molecular weight is 213 g/mol. The first-order valence-electron chi connectivity index (χ1n) is 4.56. The molecular formula is C11H10ClFO. The quantitative estimate of drug-likeness (QED) is 0.704. The Morgan fingerprint density at radius 1 is 1.50 bits per heavy atom. The van der Waals surface area contributed by atoms with Crippen LogP contribution in [-0.2, 0) is 11.2 Å². The Bertz CT molecular complexity index is 372. The van der Waals surface area contributed by atoms with Crippen LogP contribution >= 0.6 is 11.6 Å². The van der Waals surface area contributed by atoms with Crippen LogP contribution < -0.4 is 0 Å². The third kappa shape index (κ3) is 1.67. The molecule has 2 rings (SSSR count). The molecule has 0 unspecified atom stereocenters. The summed E-state index contributed by atoms with van der Waals surface area (Å²) in [5, 5.41) is 0.153. The van der Waals surface area contributed by atoms with Gasteiger partial charge in [-0.05, 0) is 30.9 Å². The van der Waals surface area contributed by atoms with Gasteiger partial charge in [-0.2, -0.15) is 0 Å². The van der Waals surface area contributed by atoms with E-state index in [9.17, 15) is 9.18 Å². The number of benzene rings is 1. The molecule has 0 atom stereocenters. The summed E-state index contributed by atoms with van der Waals surface area (Å²) in [4.78, 5) is 10.8. The van der Waals surface area contributed by atoms with Crippen molar-refractivity contribution in [2.24, 2.45) is 5.41 Å². The highest BCUT2D eigenvalue weighted by Crippen LogP contribution is 2.47. The van der Waals surface area contributed by atoms with Crippen molar-refractivity contribution in [2.45, 2.75) is 19.3 Å². The van der Waals surface area contributed by atoms with Crippen molar-refractivity contribution in [3.05, 3.63) is 34.6 Å². The summed E-state index contributed by atoms with van der Waals surface area (Å²) in [5.41, 5.74) is 0.480. The van der Waals surface area contributed by atoms with Crippen molar-refractivity contribution >= 4 is 17.9 Å². The summed E-state index contributed by atoms with van der Waals surface area (Å²) in [6.07, 6.45) is 3.31. The summed E-state index contributed by atoms with van der Waals surface area (Å²) in [6, 6.07) is 4.72. The predicted octanol–water partition coefficient (Wildman–Crippen LogP) is 3.00. The first kappa shape index (κ1) is 9.66. The largest absolute Gasteiger partial charge is 0.303 e. The van der Waals surface area contributed by atoms with Crippen LogP contribution in [0.2, 0.25) is 5.02 Å². The summed E-state index contributed by atoms with van der Waals surface area (Å²) < 4.78 is 13.1. The summed E-state index contributed by atoms with van der Waals surface area (Å²) >= 11 is 5.79. The van der Waals surface area contributed by atoms with Gasteiger partial charge in [0.15, 0.2) is 0 Å². The number of hydrogen-bond donors (Lipinski definition) is 0. The SMILES string of the molecule is O=CC1(Cc2cccc(F)c2Cl)CC1. The molecular weight excluding hydrogens is 203 g/mol. The Morgan fingerprint density at radius 3 is 2.79 bits per heavy atom. The molecule has 0 heterocycles. The zero-order valence-electron chi connectivity index (χ0n) is 7.59. The molecule has 1 aromatic carbocycles. The summed E-state index contributed by atoms with van der Waals surface area (Å²) in [6.45, 7) is 0. The van der Waals surface area contributed by atoms with E-state index in [-0.39, 0.29) is 10.4 Å². The highest BCUT2D eigenvalue weighted by atomic mass is 35.5. The van der Waals surface area contributed by atoms with Crippen LogP contribution in [0.25, 0.3) is 0 Å². The minimum atomic E-state index is -0.411. The monoisotopic (exact) mass is 212 g/mol. The van der Waals surface area contributed by atoms with Gasteiger partial charge in [0.1, 0.15) is 12.1 Å². The maximum Gasteiger partial charge on any atom is 0.142 e. The Balaban J connectivity index is 2.25. The van der Waals surface area contributed by atoms with E-state index in [1.54, 1.807) is 12.1 Å². The van der Waals surface area contributed by atoms with Crippen LogP contribution in [0.1, 0.15) is 18.4 Å². The average Bonchev–Trinajstić information content (AvgIpc) is 2.94. The Kier molecular flexibility index (Phi) is 2.31.